The molecule has 2 rings (SSSR count). The molecule has 0 radical (unpaired) electrons. The molecule has 2 aromatic rings. The average Bonchev–Trinajstić information content (AvgIpc) is 2.44. The summed E-state index contributed by atoms with van der Waals surface area (Å²) in [4.78, 5) is 0. The smallest absolute Gasteiger partial charge is 0.101 e. The van der Waals surface area contributed by atoms with Crippen molar-refractivity contribution in [2.75, 3.05) is 0 Å². The van der Waals surface area contributed by atoms with Gasteiger partial charge in [-0.25, -0.2) is 0 Å². The Kier molecular flexibility index (Phi) is 3.76. The molecule has 0 saturated heterocycles. The number of hydrogen-bond donors (Lipinski definition) is 0. The number of rotatable bonds is 3. The van der Waals surface area contributed by atoms with Crippen LogP contribution < -0.4 is 0 Å². The van der Waals surface area contributed by atoms with Crippen molar-refractivity contribution in [2.45, 2.75) is 6.42 Å². The van der Waals surface area contributed by atoms with Gasteiger partial charge in [-0.2, -0.15) is 10.5 Å². The third-order valence-electron chi connectivity index (χ3n) is 2.93. The minimum Gasteiger partial charge on any atom is -0.193 e. The largest absolute Gasteiger partial charge is 0.193 e. The van der Waals surface area contributed by atoms with Gasteiger partial charge in [0, 0.05) is 6.08 Å². The topological polar surface area (TPSA) is 47.6 Å². The molecule has 0 spiro atoms. The Morgan fingerprint density at radius 2 is 1.84 bits per heavy atom. The van der Waals surface area contributed by atoms with Gasteiger partial charge in [0.2, 0.25) is 0 Å². The minimum absolute atomic E-state index is 0.388. The van der Waals surface area contributed by atoms with E-state index in [1.165, 1.54) is 11.6 Å². The monoisotopic (exact) mass is 244 g/mol. The van der Waals surface area contributed by atoms with E-state index in [9.17, 15) is 0 Å². The first kappa shape index (κ1) is 12.6. The Labute approximate surface area is 112 Å². The van der Waals surface area contributed by atoms with Crippen molar-refractivity contribution in [2.24, 2.45) is 0 Å². The van der Waals surface area contributed by atoms with E-state index in [1.807, 2.05) is 48.5 Å². The van der Waals surface area contributed by atoms with Gasteiger partial charge in [-0.15, -0.1) is 6.58 Å². The number of allylic oxidation sites excluding steroid dienone is 3. The maximum absolute atomic E-state index is 9.02. The van der Waals surface area contributed by atoms with Crippen LogP contribution in [-0.2, 0) is 6.42 Å². The quantitative estimate of drug-likeness (QED) is 0.605. The van der Waals surface area contributed by atoms with Crippen molar-refractivity contribution in [1.29, 1.82) is 10.5 Å². The van der Waals surface area contributed by atoms with Crippen LogP contribution in [0.3, 0.4) is 0 Å². The molecule has 0 aliphatic carbocycles. The molecule has 2 aromatic carbocycles. The molecule has 0 aliphatic rings. The van der Waals surface area contributed by atoms with Crippen LogP contribution in [0.25, 0.3) is 16.3 Å². The second kappa shape index (κ2) is 5.67. The van der Waals surface area contributed by atoms with E-state index in [-0.39, 0.29) is 0 Å². The number of fused-ring (bicyclic) bond motifs is 1. The van der Waals surface area contributed by atoms with E-state index in [4.69, 9.17) is 10.5 Å². The number of nitrogens with zero attached hydrogens (tertiary/aromatic N) is 2. The Balaban J connectivity index is 2.51. The summed E-state index contributed by atoms with van der Waals surface area (Å²) in [5, 5.41) is 19.8. The second-order valence-electron chi connectivity index (χ2n) is 4.19. The Bertz CT molecular complexity index is 740. The van der Waals surface area contributed by atoms with E-state index in [2.05, 4.69) is 12.6 Å². The van der Waals surface area contributed by atoms with Crippen molar-refractivity contribution < 1.29 is 0 Å². The van der Waals surface area contributed by atoms with Gasteiger partial charge in [-0.3, -0.25) is 0 Å². The highest BCUT2D eigenvalue weighted by Gasteiger charge is 2.02. The van der Waals surface area contributed by atoms with Crippen LogP contribution in [-0.4, -0.2) is 0 Å². The third-order valence-corrected chi connectivity index (χ3v) is 2.93. The van der Waals surface area contributed by atoms with Gasteiger partial charge in [0.15, 0.2) is 0 Å². The molecule has 0 unspecified atom stereocenters. The van der Waals surface area contributed by atoms with Crippen molar-refractivity contribution in [3.05, 3.63) is 66.3 Å². The van der Waals surface area contributed by atoms with E-state index in [1.54, 1.807) is 0 Å². The lowest BCUT2D eigenvalue weighted by Gasteiger charge is -2.04. The zero-order valence-corrected chi connectivity index (χ0v) is 10.4. The van der Waals surface area contributed by atoms with Gasteiger partial charge in [0.05, 0.1) is 11.6 Å². The standard InChI is InChI=1S/C17H12N2/c1-2-3-13-4-5-15-11-16(7-6-14(15)10-13)17(12-19)8-9-18/h2,4-8,10-11H,1,3H2/b17-8+. The first-order valence-corrected chi connectivity index (χ1v) is 5.92. The summed E-state index contributed by atoms with van der Waals surface area (Å²) in [7, 11) is 0. The molecule has 0 aliphatic heterocycles. The average molecular weight is 244 g/mol. The Hall–Kier alpha value is -2.84. The summed E-state index contributed by atoms with van der Waals surface area (Å²) in [5.41, 5.74) is 2.37. The van der Waals surface area contributed by atoms with E-state index >= 15 is 0 Å². The van der Waals surface area contributed by atoms with Crippen LogP contribution in [0.4, 0.5) is 0 Å². The van der Waals surface area contributed by atoms with Gasteiger partial charge in [-0.1, -0.05) is 36.4 Å². The van der Waals surface area contributed by atoms with E-state index in [0.29, 0.717) is 5.57 Å². The maximum atomic E-state index is 9.02. The summed E-state index contributed by atoms with van der Waals surface area (Å²) < 4.78 is 0. The molecule has 0 saturated carbocycles. The molecular formula is C17H12N2. The van der Waals surface area contributed by atoms with Crippen LogP contribution >= 0.6 is 0 Å². The number of nitriles is 2. The highest BCUT2D eigenvalue weighted by atomic mass is 14.3. The summed E-state index contributed by atoms with van der Waals surface area (Å²) in [6, 6.07) is 15.9. The molecule has 0 amide bonds. The Morgan fingerprint density at radius 1 is 1.11 bits per heavy atom. The fraction of sp³-hybridized carbons (Fsp3) is 0.0588. The van der Waals surface area contributed by atoms with Gasteiger partial charge < -0.3 is 0 Å². The van der Waals surface area contributed by atoms with E-state index in [0.717, 1.165) is 22.8 Å². The van der Waals surface area contributed by atoms with Crippen LogP contribution in [0.15, 0.2) is 55.1 Å². The molecule has 0 fully saturated rings. The molecule has 0 atom stereocenters. The second-order valence-corrected chi connectivity index (χ2v) is 4.19. The lowest BCUT2D eigenvalue weighted by molar-refractivity contribution is 1.29. The van der Waals surface area contributed by atoms with Crippen molar-refractivity contribution in [3.8, 4) is 12.1 Å². The SMILES string of the molecule is C=CCc1ccc2cc(/C(C#N)=C/C#N)ccc2c1. The molecule has 2 nitrogen and oxygen atoms in total. The number of hydrogen-bond acceptors (Lipinski definition) is 2. The highest BCUT2D eigenvalue weighted by molar-refractivity contribution is 5.89. The predicted molar refractivity (Wildman–Crippen MR) is 77.1 cm³/mol. The van der Waals surface area contributed by atoms with Gasteiger partial charge in [-0.05, 0) is 34.4 Å². The lowest BCUT2D eigenvalue weighted by atomic mass is 9.99. The molecule has 90 valence electrons. The van der Waals surface area contributed by atoms with Gasteiger partial charge >= 0.3 is 0 Å². The molecule has 0 bridgehead atoms. The van der Waals surface area contributed by atoms with Crippen molar-refractivity contribution >= 4 is 16.3 Å². The first-order chi connectivity index (χ1) is 9.28. The van der Waals surface area contributed by atoms with Gasteiger partial charge in [0.25, 0.3) is 0 Å². The Morgan fingerprint density at radius 3 is 2.53 bits per heavy atom. The van der Waals surface area contributed by atoms with Crippen LogP contribution in [0.5, 0.6) is 0 Å². The normalized spacial score (nSPS) is 10.7. The molecule has 19 heavy (non-hydrogen) atoms. The molecule has 0 N–H and O–H groups in total. The summed E-state index contributed by atoms with van der Waals surface area (Å²) in [5.74, 6) is 0. The molecule has 2 heteroatoms. The summed E-state index contributed by atoms with van der Waals surface area (Å²) in [6.45, 7) is 3.73. The summed E-state index contributed by atoms with van der Waals surface area (Å²) in [6.07, 6.45) is 3.99. The fourth-order valence-corrected chi connectivity index (χ4v) is 2.00. The predicted octanol–water partition coefficient (Wildman–Crippen LogP) is 4.00. The van der Waals surface area contributed by atoms with Gasteiger partial charge in [0.1, 0.15) is 6.07 Å². The molecule has 0 aromatic heterocycles. The van der Waals surface area contributed by atoms with E-state index < -0.39 is 0 Å². The first-order valence-electron chi connectivity index (χ1n) is 5.92. The zero-order valence-electron chi connectivity index (χ0n) is 10.4. The third kappa shape index (κ3) is 2.70. The fourth-order valence-electron chi connectivity index (χ4n) is 2.00. The van der Waals surface area contributed by atoms with Crippen molar-refractivity contribution in [1.82, 2.24) is 0 Å². The highest BCUT2D eigenvalue weighted by Crippen LogP contribution is 2.22. The van der Waals surface area contributed by atoms with Crippen LogP contribution in [0.1, 0.15) is 11.1 Å². The molecular weight excluding hydrogens is 232 g/mol. The zero-order chi connectivity index (χ0) is 13.7. The van der Waals surface area contributed by atoms with Crippen LogP contribution in [0, 0.1) is 22.7 Å². The summed E-state index contributed by atoms with van der Waals surface area (Å²) >= 11 is 0. The molecule has 0 heterocycles. The lowest BCUT2D eigenvalue weighted by Crippen LogP contribution is -1.85. The van der Waals surface area contributed by atoms with Crippen LogP contribution in [0.2, 0.25) is 0 Å². The minimum atomic E-state index is 0.388. The maximum Gasteiger partial charge on any atom is 0.101 e. The van der Waals surface area contributed by atoms with Crippen molar-refractivity contribution in [3.63, 3.8) is 0 Å². The number of benzene rings is 2.